The van der Waals surface area contributed by atoms with E-state index < -0.39 is 5.60 Å². The SMILES string of the molecule is C#C[C@]1(OC(=O)COC)CCC2C3CCC4=CC(=O)CCC4C3C(=C)CC21CC. The molecule has 0 heterocycles. The maximum absolute atomic E-state index is 12.4. The molecule has 3 fully saturated rings. The third-order valence-corrected chi connectivity index (χ3v) is 8.45. The predicted molar refractivity (Wildman–Crippen MR) is 111 cm³/mol. The van der Waals surface area contributed by atoms with Crippen molar-refractivity contribution in [2.24, 2.45) is 29.1 Å². The number of fused-ring (bicyclic) bond motifs is 5. The van der Waals surface area contributed by atoms with Crippen molar-refractivity contribution in [3.8, 4) is 12.3 Å². The second-order valence-electron chi connectivity index (χ2n) is 9.43. The molecule has 156 valence electrons. The van der Waals surface area contributed by atoms with Gasteiger partial charge in [-0.2, -0.15) is 0 Å². The number of hydrogen-bond acceptors (Lipinski definition) is 4. The van der Waals surface area contributed by atoms with E-state index in [1.165, 1.54) is 18.3 Å². The number of methoxy groups -OCH3 is 1. The summed E-state index contributed by atoms with van der Waals surface area (Å²) < 4.78 is 11.0. The lowest BCUT2D eigenvalue weighted by Gasteiger charge is -2.57. The lowest BCUT2D eigenvalue weighted by Crippen LogP contribution is -2.56. The Morgan fingerprint density at radius 1 is 1.34 bits per heavy atom. The molecule has 0 N–H and O–H groups in total. The van der Waals surface area contributed by atoms with Gasteiger partial charge in [0.2, 0.25) is 0 Å². The minimum absolute atomic E-state index is 0.0782. The van der Waals surface area contributed by atoms with Crippen LogP contribution in [0.2, 0.25) is 0 Å². The fourth-order valence-electron chi connectivity index (χ4n) is 7.40. The molecule has 29 heavy (non-hydrogen) atoms. The summed E-state index contributed by atoms with van der Waals surface area (Å²) in [5, 5.41) is 0. The van der Waals surface area contributed by atoms with Crippen molar-refractivity contribution < 1.29 is 19.1 Å². The summed E-state index contributed by atoms with van der Waals surface area (Å²) in [6.07, 6.45) is 15.0. The van der Waals surface area contributed by atoms with E-state index in [2.05, 4.69) is 19.4 Å². The van der Waals surface area contributed by atoms with E-state index in [4.69, 9.17) is 15.9 Å². The zero-order valence-electron chi connectivity index (χ0n) is 17.7. The van der Waals surface area contributed by atoms with Crippen LogP contribution in [-0.2, 0) is 19.1 Å². The van der Waals surface area contributed by atoms with Gasteiger partial charge in [-0.25, -0.2) is 4.79 Å². The summed E-state index contributed by atoms with van der Waals surface area (Å²) in [5.74, 6) is 4.64. The van der Waals surface area contributed by atoms with Crippen LogP contribution < -0.4 is 0 Å². The number of carbonyl (C=O) groups excluding carboxylic acids is 2. The van der Waals surface area contributed by atoms with Gasteiger partial charge < -0.3 is 9.47 Å². The van der Waals surface area contributed by atoms with Crippen molar-refractivity contribution >= 4 is 11.8 Å². The lowest BCUT2D eigenvalue weighted by molar-refractivity contribution is -0.174. The van der Waals surface area contributed by atoms with Crippen molar-refractivity contribution in [3.05, 3.63) is 23.8 Å². The fraction of sp³-hybridized carbons (Fsp3) is 0.680. The highest BCUT2D eigenvalue weighted by Gasteiger charge is 2.66. The van der Waals surface area contributed by atoms with Crippen LogP contribution in [0, 0.1) is 41.4 Å². The number of allylic oxidation sites excluding steroid dienone is 2. The zero-order valence-corrected chi connectivity index (χ0v) is 17.7. The van der Waals surface area contributed by atoms with Crippen LogP contribution in [0.1, 0.15) is 58.3 Å². The van der Waals surface area contributed by atoms with Crippen LogP contribution in [0.25, 0.3) is 0 Å². The van der Waals surface area contributed by atoms with E-state index in [1.807, 2.05) is 6.08 Å². The van der Waals surface area contributed by atoms with Crippen LogP contribution in [-0.4, -0.2) is 31.1 Å². The monoisotopic (exact) mass is 396 g/mol. The summed E-state index contributed by atoms with van der Waals surface area (Å²) >= 11 is 0. The number of terminal acetylenes is 1. The van der Waals surface area contributed by atoms with E-state index in [-0.39, 0.29) is 23.8 Å². The number of ether oxygens (including phenoxy) is 2. The molecule has 0 amide bonds. The molecule has 4 aliphatic carbocycles. The molecular formula is C25H32O4. The maximum atomic E-state index is 12.4. The Morgan fingerprint density at radius 2 is 2.14 bits per heavy atom. The van der Waals surface area contributed by atoms with Gasteiger partial charge >= 0.3 is 5.97 Å². The summed E-state index contributed by atoms with van der Waals surface area (Å²) in [4.78, 5) is 24.3. The molecule has 0 aromatic heterocycles. The molecular weight excluding hydrogens is 364 g/mol. The van der Waals surface area contributed by atoms with Gasteiger partial charge in [-0.1, -0.05) is 30.6 Å². The Labute approximate surface area is 174 Å². The van der Waals surface area contributed by atoms with Gasteiger partial charge in [0.1, 0.15) is 6.61 Å². The van der Waals surface area contributed by atoms with Crippen molar-refractivity contribution in [1.29, 1.82) is 0 Å². The highest BCUT2D eigenvalue weighted by molar-refractivity contribution is 5.91. The van der Waals surface area contributed by atoms with E-state index in [9.17, 15) is 9.59 Å². The highest BCUT2D eigenvalue weighted by atomic mass is 16.6. The van der Waals surface area contributed by atoms with Crippen LogP contribution in [0.4, 0.5) is 0 Å². The maximum Gasteiger partial charge on any atom is 0.333 e. The summed E-state index contributed by atoms with van der Waals surface area (Å²) in [5.41, 5.74) is 1.44. The molecule has 0 aromatic carbocycles. The largest absolute Gasteiger partial charge is 0.444 e. The minimum Gasteiger partial charge on any atom is -0.444 e. The van der Waals surface area contributed by atoms with E-state index in [1.54, 1.807) is 0 Å². The first-order valence-corrected chi connectivity index (χ1v) is 11.0. The number of hydrogen-bond donors (Lipinski definition) is 0. The van der Waals surface area contributed by atoms with Crippen molar-refractivity contribution in [1.82, 2.24) is 0 Å². The number of rotatable bonds is 4. The van der Waals surface area contributed by atoms with Gasteiger partial charge in [-0.3, -0.25) is 4.79 Å². The van der Waals surface area contributed by atoms with Gasteiger partial charge in [0.15, 0.2) is 11.4 Å². The number of ketones is 1. The van der Waals surface area contributed by atoms with Gasteiger partial charge in [-0.15, -0.1) is 6.42 Å². The molecule has 0 aromatic rings. The first kappa shape index (κ1) is 20.4. The predicted octanol–water partition coefficient (Wildman–Crippen LogP) is 4.25. The van der Waals surface area contributed by atoms with Gasteiger partial charge in [-0.05, 0) is 74.7 Å². The third kappa shape index (κ3) is 2.93. The molecule has 0 aliphatic heterocycles. The van der Waals surface area contributed by atoms with E-state index in [0.29, 0.717) is 36.5 Å². The Hall–Kier alpha value is -1.86. The average molecular weight is 397 g/mol. The van der Waals surface area contributed by atoms with Crippen LogP contribution in [0.5, 0.6) is 0 Å². The second kappa shape index (κ2) is 7.43. The van der Waals surface area contributed by atoms with Crippen LogP contribution >= 0.6 is 0 Å². The Bertz CT molecular complexity index is 802. The number of esters is 1. The minimum atomic E-state index is -0.880. The van der Waals surface area contributed by atoms with Crippen molar-refractivity contribution in [2.75, 3.05) is 13.7 Å². The summed E-state index contributed by atoms with van der Waals surface area (Å²) in [6, 6.07) is 0. The normalized spacial score (nSPS) is 40.9. The Kier molecular flexibility index (Phi) is 5.23. The van der Waals surface area contributed by atoms with Gasteiger partial charge in [0.05, 0.1) is 0 Å². The average Bonchev–Trinajstić information content (AvgIpc) is 3.02. The molecule has 5 unspecified atom stereocenters. The third-order valence-electron chi connectivity index (χ3n) is 8.45. The molecule has 4 aliphatic rings. The molecule has 6 atom stereocenters. The first-order chi connectivity index (χ1) is 13.9. The summed E-state index contributed by atoms with van der Waals surface area (Å²) in [6.45, 7) is 6.63. The molecule has 0 bridgehead atoms. The van der Waals surface area contributed by atoms with Gasteiger partial charge in [0.25, 0.3) is 0 Å². The Balaban J connectivity index is 1.70. The molecule has 0 spiro atoms. The fourth-order valence-corrected chi connectivity index (χ4v) is 7.40. The van der Waals surface area contributed by atoms with Gasteiger partial charge in [0, 0.05) is 18.9 Å². The molecule has 4 rings (SSSR count). The topological polar surface area (TPSA) is 52.6 Å². The standard InChI is InChI=1S/C25H32O4/c1-5-24-14-16(3)23-19-10-8-18(26)13-17(19)7-9-20(23)21(24)11-12-25(24,6-2)29-22(27)15-28-4/h2,13,19-21,23H,3,5,7-12,14-15H2,1,4H3/t19?,20?,21?,23?,24?,25-/m0/s1. The number of carbonyl (C=O) groups is 2. The molecule has 4 nitrogen and oxygen atoms in total. The quantitative estimate of drug-likeness (QED) is 0.405. The van der Waals surface area contributed by atoms with Crippen LogP contribution in [0.3, 0.4) is 0 Å². The Morgan fingerprint density at radius 3 is 2.83 bits per heavy atom. The highest BCUT2D eigenvalue weighted by Crippen LogP contribution is 2.68. The van der Waals surface area contributed by atoms with E-state index >= 15 is 0 Å². The molecule has 0 saturated heterocycles. The second-order valence-corrected chi connectivity index (χ2v) is 9.43. The summed E-state index contributed by atoms with van der Waals surface area (Å²) in [7, 11) is 1.49. The molecule has 3 saturated carbocycles. The van der Waals surface area contributed by atoms with Crippen LogP contribution in [0.15, 0.2) is 23.8 Å². The van der Waals surface area contributed by atoms with Crippen molar-refractivity contribution in [3.63, 3.8) is 0 Å². The molecule has 4 heteroatoms. The van der Waals surface area contributed by atoms with Crippen molar-refractivity contribution in [2.45, 2.75) is 63.9 Å². The zero-order chi connectivity index (χ0) is 20.8. The first-order valence-electron chi connectivity index (χ1n) is 11.0. The molecule has 0 radical (unpaired) electrons. The van der Waals surface area contributed by atoms with E-state index in [0.717, 1.165) is 38.5 Å². The smallest absolute Gasteiger partial charge is 0.333 e. The lowest BCUT2D eigenvalue weighted by atomic mass is 9.48.